The molecule has 18 heavy (non-hydrogen) atoms. The Kier molecular flexibility index (Phi) is 3.95. The fourth-order valence-electron chi connectivity index (χ4n) is 1.25. The summed E-state index contributed by atoms with van der Waals surface area (Å²) in [5, 5.41) is 3.03. The third kappa shape index (κ3) is 2.87. The van der Waals surface area contributed by atoms with E-state index in [0.29, 0.717) is 0 Å². The van der Waals surface area contributed by atoms with Crippen LogP contribution in [0.4, 0.5) is 21.8 Å². The van der Waals surface area contributed by atoms with Gasteiger partial charge in [0.2, 0.25) is 5.95 Å². The number of hydrogen-bond acceptors (Lipinski definition) is 5. The van der Waals surface area contributed by atoms with Crippen molar-refractivity contribution in [3.05, 3.63) is 39.7 Å². The second-order valence-corrected chi connectivity index (χ2v) is 4.61. The van der Waals surface area contributed by atoms with Crippen LogP contribution < -0.4 is 16.6 Å². The molecule has 0 atom stereocenters. The van der Waals surface area contributed by atoms with Crippen molar-refractivity contribution in [2.24, 2.45) is 5.84 Å². The van der Waals surface area contributed by atoms with Crippen LogP contribution in [0.3, 0.4) is 0 Å². The van der Waals surface area contributed by atoms with E-state index in [1.165, 1.54) is 12.3 Å². The molecule has 0 spiro atoms. The third-order valence-corrected chi connectivity index (χ3v) is 2.82. The Hall–Kier alpha value is -1.44. The highest BCUT2D eigenvalue weighted by Crippen LogP contribution is 2.27. The van der Waals surface area contributed by atoms with Gasteiger partial charge in [0.25, 0.3) is 0 Å². The average molecular weight is 333 g/mol. The second kappa shape index (κ2) is 5.47. The van der Waals surface area contributed by atoms with Crippen LogP contribution >= 0.6 is 27.5 Å². The maximum Gasteiger partial charge on any atom is 0.239 e. The van der Waals surface area contributed by atoms with Crippen LogP contribution in [0, 0.1) is 5.82 Å². The molecule has 0 unspecified atom stereocenters. The molecule has 0 radical (unpaired) electrons. The molecule has 0 aliphatic heterocycles. The van der Waals surface area contributed by atoms with Gasteiger partial charge in [-0.3, -0.25) is 5.43 Å². The molecular weight excluding hydrogens is 324 g/mol. The van der Waals surface area contributed by atoms with Crippen LogP contribution in [-0.4, -0.2) is 9.97 Å². The van der Waals surface area contributed by atoms with Crippen molar-refractivity contribution < 1.29 is 4.39 Å². The number of benzene rings is 1. The van der Waals surface area contributed by atoms with Crippen molar-refractivity contribution in [1.29, 1.82) is 0 Å². The van der Waals surface area contributed by atoms with Crippen LogP contribution in [0.1, 0.15) is 0 Å². The minimum atomic E-state index is -0.421. The zero-order valence-corrected chi connectivity index (χ0v) is 11.3. The summed E-state index contributed by atoms with van der Waals surface area (Å²) in [5.74, 6) is 5.21. The summed E-state index contributed by atoms with van der Waals surface area (Å²) in [6.07, 6.45) is 1.36. The Bertz CT molecular complexity index is 580. The molecule has 8 heteroatoms. The first-order valence-electron chi connectivity index (χ1n) is 4.81. The highest BCUT2D eigenvalue weighted by Gasteiger charge is 2.08. The van der Waals surface area contributed by atoms with Crippen molar-refractivity contribution in [3.63, 3.8) is 0 Å². The Labute approximate surface area is 116 Å². The molecule has 0 amide bonds. The SMILES string of the molecule is NNc1ncc(Cl)c(Nc2cc(Br)ccc2F)n1. The number of hydrazine groups is 1. The second-order valence-electron chi connectivity index (χ2n) is 3.28. The van der Waals surface area contributed by atoms with Crippen molar-refractivity contribution >= 4 is 45.0 Å². The monoisotopic (exact) mass is 331 g/mol. The lowest BCUT2D eigenvalue weighted by Gasteiger charge is -2.09. The third-order valence-electron chi connectivity index (χ3n) is 2.05. The number of anilines is 3. The van der Waals surface area contributed by atoms with Gasteiger partial charge in [0.05, 0.1) is 11.9 Å². The van der Waals surface area contributed by atoms with Crippen LogP contribution in [0.5, 0.6) is 0 Å². The molecular formula is C10H8BrClFN5. The minimum absolute atomic E-state index is 0.178. The number of hydrogen-bond donors (Lipinski definition) is 3. The maximum absolute atomic E-state index is 13.6. The maximum atomic E-state index is 13.6. The van der Waals surface area contributed by atoms with E-state index in [-0.39, 0.29) is 22.5 Å². The number of nitrogen functional groups attached to an aromatic ring is 1. The predicted octanol–water partition coefficient (Wildman–Crippen LogP) is 3.06. The number of nitrogens with zero attached hydrogens (tertiary/aromatic N) is 2. The number of halogens is 3. The lowest BCUT2D eigenvalue weighted by Crippen LogP contribution is -2.11. The highest BCUT2D eigenvalue weighted by atomic mass is 79.9. The minimum Gasteiger partial charge on any atom is -0.336 e. The molecule has 0 aliphatic rings. The summed E-state index contributed by atoms with van der Waals surface area (Å²) in [6, 6.07) is 4.49. The van der Waals surface area contributed by atoms with Crippen molar-refractivity contribution in [2.45, 2.75) is 0 Å². The topological polar surface area (TPSA) is 75.9 Å². The first kappa shape index (κ1) is 13.0. The van der Waals surface area contributed by atoms with Gasteiger partial charge in [-0.05, 0) is 18.2 Å². The van der Waals surface area contributed by atoms with E-state index in [9.17, 15) is 4.39 Å². The van der Waals surface area contributed by atoms with Gasteiger partial charge in [-0.2, -0.15) is 4.98 Å². The summed E-state index contributed by atoms with van der Waals surface area (Å²) in [4.78, 5) is 7.80. The molecule has 0 aliphatic carbocycles. The largest absolute Gasteiger partial charge is 0.336 e. The zero-order valence-electron chi connectivity index (χ0n) is 8.92. The molecule has 2 rings (SSSR count). The molecule has 94 valence electrons. The fraction of sp³-hybridized carbons (Fsp3) is 0. The van der Waals surface area contributed by atoms with Crippen molar-refractivity contribution in [3.8, 4) is 0 Å². The molecule has 1 aromatic carbocycles. The summed E-state index contributed by atoms with van der Waals surface area (Å²) < 4.78 is 14.3. The highest BCUT2D eigenvalue weighted by molar-refractivity contribution is 9.10. The smallest absolute Gasteiger partial charge is 0.239 e. The van der Waals surface area contributed by atoms with Gasteiger partial charge < -0.3 is 5.32 Å². The number of nitrogens with two attached hydrogens (primary N) is 1. The van der Waals surface area contributed by atoms with E-state index >= 15 is 0 Å². The Morgan fingerprint density at radius 2 is 2.17 bits per heavy atom. The first-order valence-corrected chi connectivity index (χ1v) is 5.98. The molecule has 2 aromatic rings. The normalized spacial score (nSPS) is 10.2. The number of aromatic nitrogens is 2. The zero-order chi connectivity index (χ0) is 13.1. The van der Waals surface area contributed by atoms with Gasteiger partial charge in [0.1, 0.15) is 10.8 Å². The summed E-state index contributed by atoms with van der Waals surface area (Å²) in [7, 11) is 0. The van der Waals surface area contributed by atoms with Gasteiger partial charge in [0.15, 0.2) is 5.82 Å². The quantitative estimate of drug-likeness (QED) is 0.595. The number of nitrogens with one attached hydrogen (secondary N) is 2. The van der Waals surface area contributed by atoms with Gasteiger partial charge in [-0.1, -0.05) is 27.5 Å². The van der Waals surface area contributed by atoms with Crippen LogP contribution in [0.15, 0.2) is 28.9 Å². The van der Waals surface area contributed by atoms with Crippen molar-refractivity contribution in [2.75, 3.05) is 10.7 Å². The molecule has 5 nitrogen and oxygen atoms in total. The van der Waals surface area contributed by atoms with E-state index in [2.05, 4.69) is 36.6 Å². The Morgan fingerprint density at radius 3 is 2.89 bits per heavy atom. The standard InChI is InChI=1S/C10H8BrClFN5/c11-5-1-2-7(13)8(3-5)16-9-6(12)4-15-10(17-9)18-14/h1-4H,14H2,(H2,15,16,17,18). The molecule has 1 aromatic heterocycles. The lowest BCUT2D eigenvalue weighted by molar-refractivity contribution is 0.631. The summed E-state index contributed by atoms with van der Waals surface area (Å²) in [6.45, 7) is 0. The molecule has 4 N–H and O–H groups in total. The fourth-order valence-corrected chi connectivity index (χ4v) is 1.74. The van der Waals surface area contributed by atoms with Gasteiger partial charge >= 0.3 is 0 Å². The number of rotatable bonds is 3. The van der Waals surface area contributed by atoms with Gasteiger partial charge in [-0.15, -0.1) is 0 Å². The Morgan fingerprint density at radius 1 is 1.39 bits per heavy atom. The van der Waals surface area contributed by atoms with Crippen LogP contribution in [0.25, 0.3) is 0 Å². The van der Waals surface area contributed by atoms with E-state index in [0.717, 1.165) is 4.47 Å². The molecule has 0 fully saturated rings. The predicted molar refractivity (Wildman–Crippen MR) is 72.2 cm³/mol. The first-order chi connectivity index (χ1) is 8.60. The van der Waals surface area contributed by atoms with Gasteiger partial charge in [-0.25, -0.2) is 15.2 Å². The molecule has 0 saturated heterocycles. The molecule has 1 heterocycles. The molecule has 0 bridgehead atoms. The van der Waals surface area contributed by atoms with Crippen molar-refractivity contribution in [1.82, 2.24) is 9.97 Å². The van der Waals surface area contributed by atoms with Gasteiger partial charge in [0, 0.05) is 4.47 Å². The van der Waals surface area contributed by atoms with E-state index in [4.69, 9.17) is 17.4 Å². The lowest BCUT2D eigenvalue weighted by atomic mass is 10.3. The summed E-state index contributed by atoms with van der Waals surface area (Å²) in [5.41, 5.74) is 2.53. The van der Waals surface area contributed by atoms with E-state index in [1.807, 2.05) is 0 Å². The molecule has 0 saturated carbocycles. The Balaban J connectivity index is 2.36. The summed E-state index contributed by atoms with van der Waals surface area (Å²) >= 11 is 9.16. The van der Waals surface area contributed by atoms with Crippen LogP contribution in [-0.2, 0) is 0 Å². The van der Waals surface area contributed by atoms with E-state index in [1.54, 1.807) is 12.1 Å². The van der Waals surface area contributed by atoms with E-state index < -0.39 is 5.82 Å². The van der Waals surface area contributed by atoms with Crippen LogP contribution in [0.2, 0.25) is 5.02 Å². The average Bonchev–Trinajstić information content (AvgIpc) is 2.36.